The fraction of sp³-hybridized carbons (Fsp3) is 0.533. The lowest BCUT2D eigenvalue weighted by Gasteiger charge is -2.16. The maximum atomic E-state index is 12.2. The van der Waals surface area contributed by atoms with Crippen LogP contribution in [0, 0.1) is 0 Å². The Hall–Kier alpha value is -1.00. The molecule has 3 nitrogen and oxygen atoms in total. The molecule has 0 aliphatic carbocycles. The van der Waals surface area contributed by atoms with Gasteiger partial charge >= 0.3 is 0 Å². The van der Waals surface area contributed by atoms with Gasteiger partial charge in [-0.1, -0.05) is 37.3 Å². The minimum Gasteiger partial charge on any atom is -0.393 e. The second kappa shape index (κ2) is 6.96. The normalized spacial score (nSPS) is 16.2. The van der Waals surface area contributed by atoms with Crippen LogP contribution in [-0.2, 0) is 11.0 Å². The lowest BCUT2D eigenvalue weighted by molar-refractivity contribution is 0.178. The van der Waals surface area contributed by atoms with Gasteiger partial charge in [0.2, 0.25) is 0 Å². The molecular formula is C15H23NO2S. The van der Waals surface area contributed by atoms with Crippen LogP contribution in [-0.4, -0.2) is 25.9 Å². The van der Waals surface area contributed by atoms with Gasteiger partial charge in [0, 0.05) is 6.42 Å². The van der Waals surface area contributed by atoms with Crippen LogP contribution in [0.15, 0.2) is 34.7 Å². The second-order valence-corrected chi connectivity index (χ2v) is 7.44. The zero-order valence-corrected chi connectivity index (χ0v) is 12.9. The Morgan fingerprint density at radius 2 is 1.89 bits per heavy atom. The Balaban J connectivity index is 3.06. The number of hydrogen-bond acceptors (Lipinski definition) is 2. The number of aliphatic hydroxyl groups excluding tert-OH is 1. The Labute approximate surface area is 118 Å². The van der Waals surface area contributed by atoms with Crippen molar-refractivity contribution in [1.29, 1.82) is 0 Å². The molecule has 2 atom stereocenters. The first-order chi connectivity index (χ1) is 8.84. The van der Waals surface area contributed by atoms with Gasteiger partial charge < -0.3 is 5.11 Å². The molecule has 0 saturated heterocycles. The molecule has 1 aromatic carbocycles. The number of rotatable bonds is 5. The molecule has 0 bridgehead atoms. The van der Waals surface area contributed by atoms with Crippen LogP contribution in [0.5, 0.6) is 0 Å². The van der Waals surface area contributed by atoms with E-state index in [4.69, 9.17) is 0 Å². The molecule has 4 heteroatoms. The largest absolute Gasteiger partial charge is 0.393 e. The van der Waals surface area contributed by atoms with Gasteiger partial charge in [0.25, 0.3) is 0 Å². The van der Waals surface area contributed by atoms with Crippen molar-refractivity contribution < 1.29 is 9.32 Å². The van der Waals surface area contributed by atoms with E-state index in [2.05, 4.69) is 4.40 Å². The highest BCUT2D eigenvalue weighted by molar-refractivity contribution is 7.85. The SMILES string of the molecule is CC[C@@H](O)C/C(=N/S(=O)C(C)(C)C)c1ccccc1. The van der Waals surface area contributed by atoms with Crippen molar-refractivity contribution in [3.8, 4) is 0 Å². The molecule has 0 spiro atoms. The maximum Gasteiger partial charge on any atom is 0.145 e. The molecule has 0 fully saturated rings. The van der Waals surface area contributed by atoms with Crippen molar-refractivity contribution in [2.24, 2.45) is 4.40 Å². The van der Waals surface area contributed by atoms with Crippen LogP contribution >= 0.6 is 0 Å². The lowest BCUT2D eigenvalue weighted by atomic mass is 10.0. The third kappa shape index (κ3) is 5.25. The summed E-state index contributed by atoms with van der Waals surface area (Å²) in [4.78, 5) is 0. The summed E-state index contributed by atoms with van der Waals surface area (Å²) in [6, 6.07) is 9.63. The first-order valence-electron chi connectivity index (χ1n) is 6.57. The highest BCUT2D eigenvalue weighted by atomic mass is 32.2. The van der Waals surface area contributed by atoms with Crippen LogP contribution in [0.25, 0.3) is 0 Å². The molecule has 0 aromatic heterocycles. The van der Waals surface area contributed by atoms with Gasteiger partial charge in [-0.15, -0.1) is 0 Å². The van der Waals surface area contributed by atoms with E-state index in [1.807, 2.05) is 58.0 Å². The van der Waals surface area contributed by atoms with Gasteiger partial charge in [-0.3, -0.25) is 0 Å². The Morgan fingerprint density at radius 1 is 1.32 bits per heavy atom. The number of aliphatic hydroxyl groups is 1. The molecular weight excluding hydrogens is 258 g/mol. The monoisotopic (exact) mass is 281 g/mol. The average molecular weight is 281 g/mol. The van der Waals surface area contributed by atoms with Crippen molar-refractivity contribution >= 4 is 16.7 Å². The molecule has 0 heterocycles. The average Bonchev–Trinajstić information content (AvgIpc) is 2.37. The van der Waals surface area contributed by atoms with E-state index in [1.54, 1.807) is 0 Å². The van der Waals surface area contributed by atoms with Gasteiger partial charge in [0.15, 0.2) is 0 Å². The maximum absolute atomic E-state index is 12.2. The van der Waals surface area contributed by atoms with Crippen LogP contribution < -0.4 is 0 Å². The van der Waals surface area contributed by atoms with Crippen LogP contribution in [0.2, 0.25) is 0 Å². The van der Waals surface area contributed by atoms with E-state index < -0.39 is 21.8 Å². The van der Waals surface area contributed by atoms with E-state index in [1.165, 1.54) is 0 Å². The molecule has 0 saturated carbocycles. The van der Waals surface area contributed by atoms with Gasteiger partial charge in [-0.2, -0.15) is 4.40 Å². The summed E-state index contributed by atoms with van der Waals surface area (Å²) in [6.07, 6.45) is 0.645. The highest BCUT2D eigenvalue weighted by Gasteiger charge is 2.20. The summed E-state index contributed by atoms with van der Waals surface area (Å²) in [7, 11) is -1.31. The van der Waals surface area contributed by atoms with E-state index in [9.17, 15) is 9.32 Å². The Morgan fingerprint density at radius 3 is 2.37 bits per heavy atom. The van der Waals surface area contributed by atoms with E-state index in [-0.39, 0.29) is 0 Å². The summed E-state index contributed by atoms with van der Waals surface area (Å²) in [5.41, 5.74) is 1.64. The molecule has 1 aromatic rings. The summed E-state index contributed by atoms with van der Waals surface area (Å²) < 4.78 is 16.1. The minimum absolute atomic E-state index is 0.392. The molecule has 0 amide bonds. The highest BCUT2D eigenvalue weighted by Crippen LogP contribution is 2.16. The summed E-state index contributed by atoms with van der Waals surface area (Å²) in [5.74, 6) is 0. The fourth-order valence-electron chi connectivity index (χ4n) is 1.44. The van der Waals surface area contributed by atoms with Crippen molar-refractivity contribution in [3.63, 3.8) is 0 Å². The van der Waals surface area contributed by atoms with Crippen molar-refractivity contribution in [3.05, 3.63) is 35.9 Å². The molecule has 106 valence electrons. The van der Waals surface area contributed by atoms with Gasteiger partial charge in [0.1, 0.15) is 11.0 Å². The first-order valence-corrected chi connectivity index (χ1v) is 7.68. The van der Waals surface area contributed by atoms with Crippen molar-refractivity contribution in [2.75, 3.05) is 0 Å². The summed E-state index contributed by atoms with van der Waals surface area (Å²) in [6.45, 7) is 7.61. The molecule has 0 radical (unpaired) electrons. The zero-order chi connectivity index (χ0) is 14.5. The van der Waals surface area contributed by atoms with Crippen LogP contribution in [0.1, 0.15) is 46.1 Å². The molecule has 0 aliphatic rings. The molecule has 1 unspecified atom stereocenters. The number of hydrogen-bond donors (Lipinski definition) is 1. The smallest absolute Gasteiger partial charge is 0.145 e. The van der Waals surface area contributed by atoms with E-state index in [0.29, 0.717) is 18.6 Å². The van der Waals surface area contributed by atoms with Gasteiger partial charge in [-0.05, 0) is 32.8 Å². The first kappa shape index (κ1) is 16.1. The lowest BCUT2D eigenvalue weighted by Crippen LogP contribution is -2.22. The van der Waals surface area contributed by atoms with E-state index in [0.717, 1.165) is 5.56 Å². The zero-order valence-electron chi connectivity index (χ0n) is 12.1. The Bertz CT molecular complexity index is 449. The van der Waals surface area contributed by atoms with Crippen molar-refractivity contribution in [1.82, 2.24) is 0 Å². The fourth-order valence-corrected chi connectivity index (χ4v) is 2.10. The summed E-state index contributed by atoms with van der Waals surface area (Å²) >= 11 is 0. The quantitative estimate of drug-likeness (QED) is 0.843. The number of nitrogens with zero attached hydrogens (tertiary/aromatic N) is 1. The molecule has 19 heavy (non-hydrogen) atoms. The molecule has 1 N–H and O–H groups in total. The number of benzene rings is 1. The van der Waals surface area contributed by atoms with E-state index >= 15 is 0 Å². The van der Waals surface area contributed by atoms with Crippen molar-refractivity contribution in [2.45, 2.75) is 51.4 Å². The summed E-state index contributed by atoms with van der Waals surface area (Å²) in [5, 5.41) is 9.83. The van der Waals surface area contributed by atoms with Crippen LogP contribution in [0.4, 0.5) is 0 Å². The predicted octanol–water partition coefficient (Wildman–Crippen LogP) is 3.10. The second-order valence-electron chi connectivity index (χ2n) is 5.53. The predicted molar refractivity (Wildman–Crippen MR) is 81.8 cm³/mol. The van der Waals surface area contributed by atoms with Crippen LogP contribution in [0.3, 0.4) is 0 Å². The third-order valence-electron chi connectivity index (χ3n) is 2.72. The third-order valence-corrected chi connectivity index (χ3v) is 4.16. The minimum atomic E-state index is -1.31. The topological polar surface area (TPSA) is 49.7 Å². The molecule has 0 aliphatic heterocycles. The van der Waals surface area contributed by atoms with Gasteiger partial charge in [0.05, 0.1) is 16.6 Å². The molecule has 1 rings (SSSR count). The standard InChI is InChI=1S/C15H23NO2S/c1-5-13(17)11-14(12-9-7-6-8-10-12)16-19(18)15(2,3)4/h6-10,13,17H,5,11H2,1-4H3/b16-14-/t13-,19?/m1/s1. The van der Waals surface area contributed by atoms with Gasteiger partial charge in [-0.25, -0.2) is 4.21 Å². The Kier molecular flexibility index (Phi) is 5.88.